The van der Waals surface area contributed by atoms with Crippen LogP contribution in [-0.4, -0.2) is 9.97 Å². The largest absolute Gasteiger partial charge is 0.381 e. The van der Waals surface area contributed by atoms with Crippen molar-refractivity contribution in [3.8, 4) is 11.1 Å². The van der Waals surface area contributed by atoms with E-state index in [1.54, 1.807) is 0 Å². The molecule has 4 heteroatoms. The van der Waals surface area contributed by atoms with Gasteiger partial charge in [-0.15, -0.1) is 0 Å². The summed E-state index contributed by atoms with van der Waals surface area (Å²) < 4.78 is 0. The fourth-order valence-corrected chi connectivity index (χ4v) is 2.97. The van der Waals surface area contributed by atoms with Gasteiger partial charge in [0.25, 0.3) is 0 Å². The van der Waals surface area contributed by atoms with Gasteiger partial charge in [0.05, 0.1) is 0 Å². The minimum atomic E-state index is 0.791. The fourth-order valence-electron chi connectivity index (χ4n) is 2.97. The number of nitrogens with zero attached hydrogens (tertiary/aromatic N) is 2. The maximum absolute atomic E-state index is 4.04. The summed E-state index contributed by atoms with van der Waals surface area (Å²) in [6.07, 6.45) is 7.26. The monoisotopic (exact) mass is 366 g/mol. The maximum atomic E-state index is 4.04. The lowest BCUT2D eigenvalue weighted by atomic mass is 10.0. The van der Waals surface area contributed by atoms with Gasteiger partial charge in [0.2, 0.25) is 0 Å². The van der Waals surface area contributed by atoms with Gasteiger partial charge in [0.15, 0.2) is 0 Å². The molecular weight excluding hydrogens is 344 g/mol. The van der Waals surface area contributed by atoms with E-state index in [4.69, 9.17) is 0 Å². The molecular formula is C24H22N4. The van der Waals surface area contributed by atoms with Crippen LogP contribution in [0.2, 0.25) is 0 Å². The van der Waals surface area contributed by atoms with Gasteiger partial charge >= 0.3 is 0 Å². The van der Waals surface area contributed by atoms with Gasteiger partial charge in [-0.25, -0.2) is 0 Å². The van der Waals surface area contributed by atoms with Crippen molar-refractivity contribution in [1.82, 2.24) is 9.97 Å². The van der Waals surface area contributed by atoms with E-state index in [2.05, 4.69) is 69.1 Å². The first-order chi connectivity index (χ1) is 13.9. The van der Waals surface area contributed by atoms with E-state index >= 15 is 0 Å². The van der Waals surface area contributed by atoms with Crippen molar-refractivity contribution in [2.24, 2.45) is 0 Å². The minimum absolute atomic E-state index is 0.791. The van der Waals surface area contributed by atoms with E-state index in [0.717, 1.165) is 24.5 Å². The molecule has 2 N–H and O–H groups in total. The normalized spacial score (nSPS) is 10.4. The molecule has 0 saturated carbocycles. The number of nitrogens with one attached hydrogen (secondary N) is 2. The molecule has 28 heavy (non-hydrogen) atoms. The maximum Gasteiger partial charge on any atom is 0.0401 e. The molecule has 0 aliphatic heterocycles. The first kappa shape index (κ1) is 17.7. The molecule has 0 atom stereocenters. The van der Waals surface area contributed by atoms with Crippen LogP contribution in [0.5, 0.6) is 0 Å². The summed E-state index contributed by atoms with van der Waals surface area (Å²) in [6.45, 7) is 1.58. The molecule has 2 aromatic heterocycles. The topological polar surface area (TPSA) is 49.8 Å². The molecule has 4 aromatic rings. The average molecular weight is 366 g/mol. The van der Waals surface area contributed by atoms with E-state index < -0.39 is 0 Å². The van der Waals surface area contributed by atoms with Gasteiger partial charge < -0.3 is 10.6 Å². The van der Waals surface area contributed by atoms with Crippen molar-refractivity contribution in [1.29, 1.82) is 0 Å². The summed E-state index contributed by atoms with van der Waals surface area (Å²) >= 11 is 0. The Balaban J connectivity index is 1.34. The number of anilines is 2. The summed E-state index contributed by atoms with van der Waals surface area (Å²) in [7, 11) is 0. The van der Waals surface area contributed by atoms with E-state index in [0.29, 0.717) is 0 Å². The van der Waals surface area contributed by atoms with Crippen molar-refractivity contribution in [2.75, 3.05) is 10.6 Å². The van der Waals surface area contributed by atoms with Crippen molar-refractivity contribution in [3.63, 3.8) is 0 Å². The first-order valence-corrected chi connectivity index (χ1v) is 9.33. The highest BCUT2D eigenvalue weighted by atomic mass is 14.9. The van der Waals surface area contributed by atoms with Crippen LogP contribution in [0.3, 0.4) is 0 Å². The van der Waals surface area contributed by atoms with Crippen LogP contribution in [-0.2, 0) is 13.1 Å². The smallest absolute Gasteiger partial charge is 0.0401 e. The van der Waals surface area contributed by atoms with Crippen molar-refractivity contribution >= 4 is 11.4 Å². The molecule has 0 saturated heterocycles. The lowest BCUT2D eigenvalue weighted by molar-refractivity contribution is 1.13. The predicted octanol–water partition coefficient (Wildman–Crippen LogP) is 5.37. The Morgan fingerprint density at radius 3 is 1.18 bits per heavy atom. The zero-order valence-electron chi connectivity index (χ0n) is 15.5. The molecule has 4 nitrogen and oxygen atoms in total. The molecule has 0 amide bonds. The molecule has 4 rings (SSSR count). The van der Waals surface area contributed by atoms with Gasteiger partial charge in [-0.3, -0.25) is 9.97 Å². The molecule has 2 aromatic carbocycles. The second kappa shape index (κ2) is 8.82. The zero-order chi connectivity index (χ0) is 19.0. The van der Waals surface area contributed by atoms with Crippen LogP contribution < -0.4 is 10.6 Å². The lowest BCUT2D eigenvalue weighted by Crippen LogP contribution is -1.99. The van der Waals surface area contributed by atoms with Gasteiger partial charge in [-0.1, -0.05) is 24.3 Å². The minimum Gasteiger partial charge on any atom is -0.381 e. The third kappa shape index (κ3) is 4.74. The molecule has 0 spiro atoms. The highest BCUT2D eigenvalue weighted by Gasteiger charge is 2.00. The average Bonchev–Trinajstić information content (AvgIpc) is 2.78. The van der Waals surface area contributed by atoms with Gasteiger partial charge in [0, 0.05) is 49.3 Å². The summed E-state index contributed by atoms with van der Waals surface area (Å²) in [4.78, 5) is 8.09. The number of hydrogen-bond donors (Lipinski definition) is 2. The summed E-state index contributed by atoms with van der Waals surface area (Å²) in [5.74, 6) is 0. The van der Waals surface area contributed by atoms with Gasteiger partial charge in [0.1, 0.15) is 0 Å². The van der Waals surface area contributed by atoms with Crippen LogP contribution >= 0.6 is 0 Å². The summed E-state index contributed by atoms with van der Waals surface area (Å²) in [6, 6.07) is 25.1. The molecule has 2 heterocycles. The standard InChI is InChI=1S/C24H22N4/c1-5-23(27-17-19-9-13-25-14-10-19)6-2-21(1)22-3-7-24(8-4-22)28-18-20-11-15-26-16-12-20/h1-16,27-28H,17-18H2. The molecule has 0 fully saturated rings. The van der Waals surface area contributed by atoms with Gasteiger partial charge in [-0.05, 0) is 70.8 Å². The Morgan fingerprint density at radius 2 is 0.821 bits per heavy atom. The second-order valence-corrected chi connectivity index (χ2v) is 6.57. The second-order valence-electron chi connectivity index (χ2n) is 6.57. The Hall–Kier alpha value is -3.66. The van der Waals surface area contributed by atoms with Gasteiger partial charge in [-0.2, -0.15) is 0 Å². The summed E-state index contributed by atoms with van der Waals surface area (Å²) in [5, 5.41) is 6.88. The van der Waals surface area contributed by atoms with Crippen LogP contribution in [0.4, 0.5) is 11.4 Å². The van der Waals surface area contributed by atoms with E-state index in [9.17, 15) is 0 Å². The Bertz CT molecular complexity index is 897. The Kier molecular flexibility index (Phi) is 5.59. The quantitative estimate of drug-likeness (QED) is 0.462. The molecule has 138 valence electrons. The van der Waals surface area contributed by atoms with Crippen molar-refractivity contribution in [3.05, 3.63) is 109 Å². The Morgan fingerprint density at radius 1 is 0.464 bits per heavy atom. The van der Waals surface area contributed by atoms with Crippen LogP contribution in [0.15, 0.2) is 97.6 Å². The predicted molar refractivity (Wildman–Crippen MR) is 115 cm³/mol. The zero-order valence-corrected chi connectivity index (χ0v) is 15.5. The highest BCUT2D eigenvalue weighted by Crippen LogP contribution is 2.23. The number of aromatic nitrogens is 2. The fraction of sp³-hybridized carbons (Fsp3) is 0.0833. The van der Waals surface area contributed by atoms with E-state index in [1.165, 1.54) is 22.3 Å². The number of hydrogen-bond acceptors (Lipinski definition) is 4. The van der Waals surface area contributed by atoms with Crippen molar-refractivity contribution < 1.29 is 0 Å². The first-order valence-electron chi connectivity index (χ1n) is 9.33. The summed E-state index contributed by atoms with van der Waals surface area (Å²) in [5.41, 5.74) is 7.06. The highest BCUT2D eigenvalue weighted by molar-refractivity contribution is 5.68. The van der Waals surface area contributed by atoms with E-state index in [1.807, 2.05) is 49.1 Å². The molecule has 0 unspecified atom stereocenters. The number of pyridine rings is 2. The van der Waals surface area contributed by atoms with Crippen LogP contribution in [0, 0.1) is 0 Å². The van der Waals surface area contributed by atoms with Crippen LogP contribution in [0.25, 0.3) is 11.1 Å². The molecule has 0 aliphatic carbocycles. The van der Waals surface area contributed by atoms with Crippen LogP contribution in [0.1, 0.15) is 11.1 Å². The SMILES string of the molecule is c1cc(CNc2ccc(-c3ccc(NCc4ccncc4)cc3)cc2)ccn1. The number of benzene rings is 2. The third-order valence-electron chi connectivity index (χ3n) is 4.60. The van der Waals surface area contributed by atoms with Crippen molar-refractivity contribution in [2.45, 2.75) is 13.1 Å². The number of rotatable bonds is 7. The Labute approximate surface area is 165 Å². The molecule has 0 radical (unpaired) electrons. The lowest BCUT2D eigenvalue weighted by Gasteiger charge is -2.09. The molecule has 0 bridgehead atoms. The van der Waals surface area contributed by atoms with E-state index in [-0.39, 0.29) is 0 Å². The molecule has 0 aliphatic rings. The third-order valence-corrected chi connectivity index (χ3v) is 4.60.